The summed E-state index contributed by atoms with van der Waals surface area (Å²) in [6, 6.07) is 20.5. The number of nitrogens with one attached hydrogen (secondary N) is 2. The number of nitrogens with zero attached hydrogens (tertiary/aromatic N) is 8. The molecular formula is C54H57ClN10O6S. The van der Waals surface area contributed by atoms with E-state index in [-0.39, 0.29) is 61.2 Å². The second-order valence-electron chi connectivity index (χ2n) is 19.5. The van der Waals surface area contributed by atoms with Crippen molar-refractivity contribution in [2.45, 2.75) is 117 Å². The summed E-state index contributed by atoms with van der Waals surface area (Å²) in [5, 5.41) is 32.3. The number of hydrogen-bond acceptors (Lipinski definition) is 12. The molecule has 3 amide bonds. The quantitative estimate of drug-likeness (QED) is 0.0948. The summed E-state index contributed by atoms with van der Waals surface area (Å²) in [5.41, 5.74) is 8.05. The van der Waals surface area contributed by atoms with E-state index in [1.807, 2.05) is 118 Å². The Labute approximate surface area is 426 Å². The van der Waals surface area contributed by atoms with Crippen molar-refractivity contribution in [3.05, 3.63) is 141 Å². The topological polar surface area (TPSA) is 195 Å². The first-order valence-electron chi connectivity index (χ1n) is 24.4. The minimum absolute atomic E-state index is 0.0414. The summed E-state index contributed by atoms with van der Waals surface area (Å²) in [5.74, 6) is 1.80. The van der Waals surface area contributed by atoms with Crippen molar-refractivity contribution < 1.29 is 28.6 Å². The van der Waals surface area contributed by atoms with Crippen molar-refractivity contribution in [1.82, 2.24) is 45.1 Å². The third-order valence-corrected chi connectivity index (χ3v) is 15.5. The van der Waals surface area contributed by atoms with Gasteiger partial charge in [0.25, 0.3) is 0 Å². The zero-order chi connectivity index (χ0) is 50.5. The van der Waals surface area contributed by atoms with Gasteiger partial charge in [-0.3, -0.25) is 28.6 Å². The number of halogens is 1. The summed E-state index contributed by atoms with van der Waals surface area (Å²) in [7, 11) is 0. The predicted molar refractivity (Wildman–Crippen MR) is 274 cm³/mol. The number of aliphatic imine (C=N–C) groups is 1. The molecule has 3 aliphatic rings. The van der Waals surface area contributed by atoms with Gasteiger partial charge in [0, 0.05) is 70.2 Å². The molecule has 1 saturated carbocycles. The number of β-amino-alcohol motifs (C(OH)–C–C–N with tert-alkyl or cyclic N) is 1. The highest BCUT2D eigenvalue weighted by Gasteiger charge is 2.43. The Morgan fingerprint density at radius 1 is 0.931 bits per heavy atom. The van der Waals surface area contributed by atoms with E-state index >= 15 is 0 Å². The number of oxazole rings is 1. The van der Waals surface area contributed by atoms with Gasteiger partial charge in [-0.05, 0) is 81.5 Å². The number of hydrogen-bond donors (Lipinski definition) is 3. The third kappa shape index (κ3) is 9.60. The van der Waals surface area contributed by atoms with Crippen molar-refractivity contribution in [2.24, 2.45) is 10.9 Å². The highest BCUT2D eigenvalue weighted by molar-refractivity contribution is 7.15. The molecule has 18 heteroatoms. The number of aliphatic hydroxyl groups excluding tert-OH is 1. The number of aromatic nitrogens is 6. The molecule has 2 aliphatic heterocycles. The van der Waals surface area contributed by atoms with Crippen molar-refractivity contribution in [3.8, 4) is 33.2 Å². The number of carbonyl (C=O) groups is 3. The molecule has 16 nitrogen and oxygen atoms in total. The maximum Gasteiger partial charge on any atom is 0.248 e. The molecule has 1 saturated heterocycles. The maximum atomic E-state index is 14.4. The lowest BCUT2D eigenvalue weighted by molar-refractivity contribution is -0.142. The zero-order valence-electron chi connectivity index (χ0n) is 41.2. The SMILES string of the molecule is Cc1ncoc1-c1ccc([C@H](C)NC(=O)[C@@H]2C[C@@H](O)CN2C(=O)[C@@H](C(C)C)n2cc(-c3cccc(O[C@H]4C[C@@H](NC(=O)C[C@@H]5N=C(c6ccc(Cl)cc6)c6c(sc(C)c6C)-n6c(C)nnc65)C4)c3)cn2)cc1. The van der Waals surface area contributed by atoms with E-state index < -0.39 is 24.2 Å². The predicted octanol–water partition coefficient (Wildman–Crippen LogP) is 8.78. The molecule has 3 aromatic carbocycles. The van der Waals surface area contributed by atoms with Crippen LogP contribution < -0.4 is 15.4 Å². The summed E-state index contributed by atoms with van der Waals surface area (Å²) in [4.78, 5) is 54.1. The number of benzene rings is 3. The maximum absolute atomic E-state index is 14.4. The van der Waals surface area contributed by atoms with Crippen LogP contribution in [-0.4, -0.2) is 93.8 Å². The summed E-state index contributed by atoms with van der Waals surface area (Å²) in [6.45, 7) is 13.8. The molecule has 2 fully saturated rings. The van der Waals surface area contributed by atoms with Crippen LogP contribution in [0.4, 0.5) is 0 Å². The van der Waals surface area contributed by atoms with E-state index in [2.05, 4.69) is 44.8 Å². The highest BCUT2D eigenvalue weighted by atomic mass is 35.5. The second-order valence-corrected chi connectivity index (χ2v) is 21.2. The zero-order valence-corrected chi connectivity index (χ0v) is 42.7. The number of ether oxygens (including phenoxy) is 1. The second kappa shape index (κ2) is 19.9. The molecule has 5 atom stereocenters. The first-order chi connectivity index (χ1) is 34.6. The first-order valence-corrected chi connectivity index (χ1v) is 25.6. The Bertz CT molecular complexity index is 3190. The Morgan fingerprint density at radius 3 is 2.40 bits per heavy atom. The molecule has 7 aromatic rings. The van der Waals surface area contributed by atoms with E-state index in [4.69, 9.17) is 25.7 Å². The largest absolute Gasteiger partial charge is 0.490 e. The third-order valence-electron chi connectivity index (χ3n) is 14.1. The molecule has 72 heavy (non-hydrogen) atoms. The Balaban J connectivity index is 0.762. The van der Waals surface area contributed by atoms with E-state index in [9.17, 15) is 19.5 Å². The van der Waals surface area contributed by atoms with Crippen LogP contribution >= 0.6 is 22.9 Å². The van der Waals surface area contributed by atoms with Crippen LogP contribution in [0.25, 0.3) is 27.5 Å². The number of aryl methyl sites for hydroxylation is 3. The highest BCUT2D eigenvalue weighted by Crippen LogP contribution is 2.40. The fraction of sp³-hybridized carbons (Fsp3) is 0.370. The number of thiophene rings is 1. The average molecular weight is 1010 g/mol. The van der Waals surface area contributed by atoms with Crippen molar-refractivity contribution in [2.75, 3.05) is 6.54 Å². The Morgan fingerprint density at radius 2 is 1.68 bits per heavy atom. The standard InChI is InChI=1S/C54H57ClN10O6S/c1-28(2)49(53(69)63-26-41(66)22-45(63)52(68)58-30(4)34-11-13-36(14-12-34)50-31(5)56-27-70-50)64-25-38(24-57-64)37-9-8-10-42(19-37)71-43-20-40(21-43)59-46(67)23-44-51-62-61-33(7)65(51)54-47(29(3)32(6)72-54)48(60-44)35-15-17-39(55)18-16-35/h8-19,24-25,27-28,30,40-41,43-45,49,66H,20-23,26H2,1-7H3,(H,58,68)(H,59,67)/t30-,40-,41+,43+,44-,45-,49+/m0/s1. The average Bonchev–Trinajstić information content (AvgIpc) is 4.19. The van der Waals surface area contributed by atoms with Gasteiger partial charge in [0.1, 0.15) is 40.8 Å². The van der Waals surface area contributed by atoms with Crippen molar-refractivity contribution >= 4 is 46.4 Å². The van der Waals surface area contributed by atoms with Crippen LogP contribution in [0.1, 0.15) is 109 Å². The number of rotatable bonds is 14. The van der Waals surface area contributed by atoms with E-state index in [1.54, 1.807) is 22.2 Å². The first kappa shape index (κ1) is 48.7. The molecule has 1 aliphatic carbocycles. The number of fused-ring (bicyclic) bond motifs is 3. The molecule has 0 radical (unpaired) electrons. The number of aliphatic hydroxyl groups is 1. The lowest BCUT2D eigenvalue weighted by atomic mass is 9.89. The smallest absolute Gasteiger partial charge is 0.248 e. The number of amides is 3. The van der Waals surface area contributed by atoms with Crippen molar-refractivity contribution in [3.63, 3.8) is 0 Å². The van der Waals surface area contributed by atoms with Gasteiger partial charge in [0.15, 0.2) is 18.0 Å². The summed E-state index contributed by atoms with van der Waals surface area (Å²) >= 11 is 7.96. The van der Waals surface area contributed by atoms with Crippen LogP contribution in [-0.2, 0) is 14.4 Å². The van der Waals surface area contributed by atoms with Crippen LogP contribution in [0.15, 0.2) is 101 Å². The van der Waals surface area contributed by atoms with Crippen molar-refractivity contribution in [1.29, 1.82) is 0 Å². The Kier molecular flexibility index (Phi) is 13.5. The van der Waals surface area contributed by atoms with Gasteiger partial charge in [-0.15, -0.1) is 21.5 Å². The van der Waals surface area contributed by atoms with Gasteiger partial charge in [0.05, 0.1) is 36.2 Å². The van der Waals surface area contributed by atoms with Crippen LogP contribution in [0, 0.1) is 33.6 Å². The van der Waals surface area contributed by atoms with Gasteiger partial charge in [-0.25, -0.2) is 4.98 Å². The van der Waals surface area contributed by atoms with Gasteiger partial charge in [0.2, 0.25) is 17.7 Å². The monoisotopic (exact) mass is 1010 g/mol. The molecule has 4 aromatic heterocycles. The van der Waals surface area contributed by atoms with E-state index in [0.717, 1.165) is 61.2 Å². The van der Waals surface area contributed by atoms with Gasteiger partial charge in [-0.1, -0.05) is 74.0 Å². The fourth-order valence-corrected chi connectivity index (χ4v) is 11.4. The van der Waals surface area contributed by atoms with Crippen LogP contribution in [0.3, 0.4) is 0 Å². The lowest BCUT2D eigenvalue weighted by Crippen LogP contribution is -2.49. The molecule has 372 valence electrons. The number of carbonyl (C=O) groups excluding carboxylic acids is 3. The lowest BCUT2D eigenvalue weighted by Gasteiger charge is -2.36. The molecule has 10 rings (SSSR count). The van der Waals surface area contributed by atoms with Crippen LogP contribution in [0.5, 0.6) is 5.75 Å². The molecule has 0 spiro atoms. The Hall–Kier alpha value is -6.95. The van der Waals surface area contributed by atoms with E-state index in [1.165, 1.54) is 16.2 Å². The van der Waals surface area contributed by atoms with Gasteiger partial charge in [-0.2, -0.15) is 5.10 Å². The minimum Gasteiger partial charge on any atom is -0.490 e. The molecule has 6 heterocycles. The molecular weight excluding hydrogens is 952 g/mol. The summed E-state index contributed by atoms with van der Waals surface area (Å²) < 4.78 is 15.6. The van der Waals surface area contributed by atoms with Gasteiger partial charge < -0.3 is 29.8 Å². The number of likely N-dealkylation sites (tertiary alicyclic amines) is 1. The van der Waals surface area contributed by atoms with Crippen LogP contribution in [0.2, 0.25) is 5.02 Å². The molecule has 3 N–H and O–H groups in total. The minimum atomic E-state index is -0.850. The summed E-state index contributed by atoms with van der Waals surface area (Å²) in [6.07, 6.45) is 5.54. The molecule has 0 unspecified atom stereocenters. The molecule has 0 bridgehead atoms. The van der Waals surface area contributed by atoms with E-state index in [0.29, 0.717) is 35.2 Å². The fourth-order valence-electron chi connectivity index (χ4n) is 10.0. The normalized spacial score (nSPS) is 20.2. The van der Waals surface area contributed by atoms with Gasteiger partial charge >= 0.3 is 0 Å².